The molecule has 1 aliphatic heterocycles. The van der Waals surface area contributed by atoms with Crippen molar-refractivity contribution < 1.29 is 9.59 Å². The highest BCUT2D eigenvalue weighted by atomic mass is 16.2. The minimum atomic E-state index is -0.582. The minimum Gasteiger partial charge on any atom is -0.369 e. The van der Waals surface area contributed by atoms with Crippen molar-refractivity contribution in [2.75, 3.05) is 6.54 Å². The van der Waals surface area contributed by atoms with Crippen LogP contribution in [0.3, 0.4) is 0 Å². The molecule has 0 aromatic heterocycles. The standard InChI is InChI=1S/C16H23N3O2/c1-11-7-8-13(15(18)20)10-19(11)16(21)14(17)9-12-5-3-2-4-6-12/h2-6,11,13-14H,7-10,17H2,1H3,(H2,18,20). The molecule has 5 heteroatoms. The highest BCUT2D eigenvalue weighted by Gasteiger charge is 2.33. The number of nitrogens with two attached hydrogens (primary N) is 2. The van der Waals surface area contributed by atoms with Gasteiger partial charge in [-0.25, -0.2) is 0 Å². The van der Waals surface area contributed by atoms with Crippen LogP contribution >= 0.6 is 0 Å². The van der Waals surface area contributed by atoms with Crippen LogP contribution in [0.4, 0.5) is 0 Å². The van der Waals surface area contributed by atoms with Gasteiger partial charge in [-0.05, 0) is 31.7 Å². The Morgan fingerprint density at radius 1 is 1.29 bits per heavy atom. The molecule has 1 aliphatic rings. The van der Waals surface area contributed by atoms with Gasteiger partial charge >= 0.3 is 0 Å². The van der Waals surface area contributed by atoms with E-state index in [-0.39, 0.29) is 23.8 Å². The lowest BCUT2D eigenvalue weighted by Gasteiger charge is -2.38. The summed E-state index contributed by atoms with van der Waals surface area (Å²) in [6.07, 6.45) is 2.04. The molecule has 2 amide bonds. The Hall–Kier alpha value is -1.88. The fraction of sp³-hybridized carbons (Fsp3) is 0.500. The third-order valence-electron chi connectivity index (χ3n) is 4.18. The average molecular weight is 289 g/mol. The van der Waals surface area contributed by atoms with E-state index in [9.17, 15) is 9.59 Å². The number of benzene rings is 1. The first kappa shape index (κ1) is 15.5. The maximum absolute atomic E-state index is 12.5. The van der Waals surface area contributed by atoms with Crippen molar-refractivity contribution in [3.05, 3.63) is 35.9 Å². The van der Waals surface area contributed by atoms with Crippen molar-refractivity contribution in [2.24, 2.45) is 17.4 Å². The van der Waals surface area contributed by atoms with Crippen LogP contribution in [0.1, 0.15) is 25.3 Å². The van der Waals surface area contributed by atoms with Gasteiger partial charge in [-0.3, -0.25) is 9.59 Å². The highest BCUT2D eigenvalue weighted by molar-refractivity contribution is 5.84. The lowest BCUT2D eigenvalue weighted by Crippen LogP contribution is -2.54. The van der Waals surface area contributed by atoms with Gasteiger partial charge in [-0.1, -0.05) is 30.3 Å². The number of likely N-dealkylation sites (tertiary alicyclic amines) is 1. The van der Waals surface area contributed by atoms with E-state index in [4.69, 9.17) is 11.5 Å². The van der Waals surface area contributed by atoms with Crippen LogP contribution in [-0.2, 0) is 16.0 Å². The summed E-state index contributed by atoms with van der Waals surface area (Å²) in [7, 11) is 0. The predicted octanol–water partition coefficient (Wildman–Crippen LogP) is 0.669. The van der Waals surface area contributed by atoms with E-state index in [1.54, 1.807) is 4.90 Å². The van der Waals surface area contributed by atoms with E-state index in [1.807, 2.05) is 37.3 Å². The van der Waals surface area contributed by atoms with Gasteiger partial charge in [0.15, 0.2) is 0 Å². The van der Waals surface area contributed by atoms with Gasteiger partial charge in [0.1, 0.15) is 0 Å². The van der Waals surface area contributed by atoms with E-state index in [1.165, 1.54) is 0 Å². The summed E-state index contributed by atoms with van der Waals surface area (Å²) in [5, 5.41) is 0. The highest BCUT2D eigenvalue weighted by Crippen LogP contribution is 2.22. The molecule has 114 valence electrons. The van der Waals surface area contributed by atoms with E-state index in [0.29, 0.717) is 13.0 Å². The zero-order chi connectivity index (χ0) is 15.4. The average Bonchev–Trinajstić information content (AvgIpc) is 2.47. The van der Waals surface area contributed by atoms with Crippen molar-refractivity contribution in [1.29, 1.82) is 0 Å². The molecule has 0 saturated carbocycles. The number of nitrogens with zero attached hydrogens (tertiary/aromatic N) is 1. The third-order valence-corrected chi connectivity index (χ3v) is 4.18. The van der Waals surface area contributed by atoms with Crippen LogP contribution in [0.15, 0.2) is 30.3 Å². The van der Waals surface area contributed by atoms with E-state index >= 15 is 0 Å². The molecule has 1 saturated heterocycles. The lowest BCUT2D eigenvalue weighted by atomic mass is 9.92. The summed E-state index contributed by atoms with van der Waals surface area (Å²) < 4.78 is 0. The molecule has 1 aromatic rings. The first-order valence-corrected chi connectivity index (χ1v) is 7.38. The number of rotatable bonds is 4. The molecular weight excluding hydrogens is 266 g/mol. The number of hydrogen-bond acceptors (Lipinski definition) is 3. The van der Waals surface area contributed by atoms with Gasteiger partial charge in [-0.2, -0.15) is 0 Å². The summed E-state index contributed by atoms with van der Waals surface area (Å²) in [5.74, 6) is -0.692. The normalized spacial score (nSPS) is 23.6. The summed E-state index contributed by atoms with van der Waals surface area (Å²) in [4.78, 5) is 25.6. The van der Waals surface area contributed by atoms with Crippen molar-refractivity contribution in [1.82, 2.24) is 4.90 Å². The predicted molar refractivity (Wildman–Crippen MR) is 81.2 cm³/mol. The molecule has 1 fully saturated rings. The number of amides is 2. The molecule has 3 atom stereocenters. The number of piperidine rings is 1. The molecule has 2 rings (SSSR count). The lowest BCUT2D eigenvalue weighted by molar-refractivity contribution is -0.138. The maximum Gasteiger partial charge on any atom is 0.240 e. The smallest absolute Gasteiger partial charge is 0.240 e. The molecule has 1 aromatic carbocycles. The summed E-state index contributed by atoms with van der Waals surface area (Å²) >= 11 is 0. The molecule has 0 aliphatic carbocycles. The minimum absolute atomic E-state index is 0.0997. The Labute approximate surface area is 125 Å². The Morgan fingerprint density at radius 2 is 1.95 bits per heavy atom. The second-order valence-electron chi connectivity index (χ2n) is 5.81. The molecule has 0 radical (unpaired) electrons. The SMILES string of the molecule is CC1CCC(C(N)=O)CN1C(=O)C(N)Cc1ccccc1. The van der Waals surface area contributed by atoms with Crippen molar-refractivity contribution in [2.45, 2.75) is 38.3 Å². The number of hydrogen-bond donors (Lipinski definition) is 2. The summed E-state index contributed by atoms with van der Waals surface area (Å²) in [6, 6.07) is 9.23. The molecule has 0 bridgehead atoms. The van der Waals surface area contributed by atoms with Crippen LogP contribution < -0.4 is 11.5 Å². The first-order valence-electron chi connectivity index (χ1n) is 7.38. The zero-order valence-corrected chi connectivity index (χ0v) is 12.4. The molecule has 1 heterocycles. The Bertz CT molecular complexity index is 504. The number of primary amides is 1. The van der Waals surface area contributed by atoms with Crippen LogP contribution in [0.5, 0.6) is 0 Å². The van der Waals surface area contributed by atoms with E-state index in [2.05, 4.69) is 0 Å². The van der Waals surface area contributed by atoms with Gasteiger partial charge < -0.3 is 16.4 Å². The molecule has 21 heavy (non-hydrogen) atoms. The fourth-order valence-electron chi connectivity index (χ4n) is 2.81. The number of carbonyl (C=O) groups is 2. The van der Waals surface area contributed by atoms with Crippen molar-refractivity contribution in [3.8, 4) is 0 Å². The molecule has 4 N–H and O–H groups in total. The largest absolute Gasteiger partial charge is 0.369 e. The fourth-order valence-corrected chi connectivity index (χ4v) is 2.81. The maximum atomic E-state index is 12.5. The van der Waals surface area contributed by atoms with Crippen LogP contribution in [0.2, 0.25) is 0 Å². The van der Waals surface area contributed by atoms with Crippen LogP contribution in [0.25, 0.3) is 0 Å². The van der Waals surface area contributed by atoms with Gasteiger partial charge in [0, 0.05) is 12.6 Å². The van der Waals surface area contributed by atoms with Crippen molar-refractivity contribution >= 4 is 11.8 Å². The Kier molecular flexibility index (Phi) is 4.96. The second kappa shape index (κ2) is 6.72. The van der Waals surface area contributed by atoms with Gasteiger partial charge in [-0.15, -0.1) is 0 Å². The monoisotopic (exact) mass is 289 g/mol. The van der Waals surface area contributed by atoms with E-state index < -0.39 is 6.04 Å². The summed E-state index contributed by atoms with van der Waals surface area (Å²) in [5.41, 5.74) is 12.5. The van der Waals surface area contributed by atoms with Gasteiger partial charge in [0.05, 0.1) is 12.0 Å². The molecule has 5 nitrogen and oxygen atoms in total. The third kappa shape index (κ3) is 3.82. The van der Waals surface area contributed by atoms with E-state index in [0.717, 1.165) is 18.4 Å². The Morgan fingerprint density at radius 3 is 2.57 bits per heavy atom. The Balaban J connectivity index is 2.01. The second-order valence-corrected chi connectivity index (χ2v) is 5.81. The molecule has 3 unspecified atom stereocenters. The first-order chi connectivity index (χ1) is 9.99. The zero-order valence-electron chi connectivity index (χ0n) is 12.4. The topological polar surface area (TPSA) is 89.4 Å². The molecular formula is C16H23N3O2. The quantitative estimate of drug-likeness (QED) is 0.853. The molecule has 0 spiro atoms. The number of carbonyl (C=O) groups excluding carboxylic acids is 2. The van der Waals surface area contributed by atoms with Crippen LogP contribution in [0, 0.1) is 5.92 Å². The summed E-state index contributed by atoms with van der Waals surface area (Å²) in [6.45, 7) is 2.38. The van der Waals surface area contributed by atoms with Crippen LogP contribution in [-0.4, -0.2) is 35.3 Å². The van der Waals surface area contributed by atoms with Crippen molar-refractivity contribution in [3.63, 3.8) is 0 Å². The van der Waals surface area contributed by atoms with Gasteiger partial charge in [0.25, 0.3) is 0 Å². The van der Waals surface area contributed by atoms with Gasteiger partial charge in [0.2, 0.25) is 11.8 Å².